The molecule has 4 rings (SSSR count). The van der Waals surface area contributed by atoms with Gasteiger partial charge in [0.1, 0.15) is 0 Å². The van der Waals surface area contributed by atoms with Crippen molar-refractivity contribution in [2.45, 2.75) is 54.9 Å². The Bertz CT molecular complexity index is 1200. The van der Waals surface area contributed by atoms with Gasteiger partial charge in [0.2, 0.25) is 0 Å². The lowest BCUT2D eigenvalue weighted by Crippen LogP contribution is -2.01. The third-order valence-corrected chi connectivity index (χ3v) is 4.72. The molecule has 168 valence electrons. The average Bonchev–Trinajstić information content (AvgIpc) is 3.28. The second-order valence-corrected chi connectivity index (χ2v) is 6.60. The van der Waals surface area contributed by atoms with Gasteiger partial charge in [-0.15, -0.1) is 0 Å². The molecular formula is C26H34N6. The Morgan fingerprint density at radius 3 is 2.59 bits per heavy atom. The molecule has 0 N–H and O–H groups in total. The van der Waals surface area contributed by atoms with Crippen molar-refractivity contribution in [3.63, 3.8) is 0 Å². The molecule has 1 aromatic carbocycles. The number of aryl methyl sites for hydroxylation is 1. The number of imidazole rings is 1. The van der Waals surface area contributed by atoms with Crippen LogP contribution in [0.2, 0.25) is 0 Å². The zero-order valence-electron chi connectivity index (χ0n) is 20.3. The summed E-state index contributed by atoms with van der Waals surface area (Å²) in [6.07, 6.45) is 10.3. The quantitative estimate of drug-likeness (QED) is 0.358. The van der Waals surface area contributed by atoms with Crippen LogP contribution >= 0.6 is 0 Å². The van der Waals surface area contributed by atoms with E-state index in [0.29, 0.717) is 6.42 Å². The molecule has 0 aliphatic carbocycles. The molecule has 0 fully saturated rings. The molecule has 0 amide bonds. The van der Waals surface area contributed by atoms with Crippen molar-refractivity contribution in [1.82, 2.24) is 24.6 Å². The molecule has 0 saturated heterocycles. The second kappa shape index (κ2) is 12.4. The molecule has 0 aliphatic rings. The van der Waals surface area contributed by atoms with Crippen LogP contribution in [0.15, 0.2) is 53.9 Å². The maximum absolute atomic E-state index is 4.66. The highest BCUT2D eigenvalue weighted by Gasteiger charge is 2.13. The van der Waals surface area contributed by atoms with Crippen molar-refractivity contribution in [2.24, 2.45) is 4.99 Å². The van der Waals surface area contributed by atoms with Crippen molar-refractivity contribution < 1.29 is 0 Å². The first-order valence-corrected chi connectivity index (χ1v) is 11.4. The lowest BCUT2D eigenvalue weighted by molar-refractivity contribution is 1.00. The standard InChI is InChI=1S/C22H22N6.2C2H6/c1-4-16(13-23-5-2)21-14-25-22-20(24-9-10-28(21)22)12-17-7-6-8-19-18(17)11-15(3)26-27-19;2*1-2/h4,6-11,13-14H,5,12H2,1-3H3;2*1-2H3/b16-4+,23-13?;;. The first kappa shape index (κ1) is 24.9. The van der Waals surface area contributed by atoms with E-state index in [4.69, 9.17) is 0 Å². The van der Waals surface area contributed by atoms with Crippen molar-refractivity contribution >= 4 is 28.3 Å². The zero-order valence-corrected chi connectivity index (χ0v) is 20.3. The van der Waals surface area contributed by atoms with Gasteiger partial charge in [0, 0.05) is 42.5 Å². The largest absolute Gasteiger partial charge is 0.297 e. The first-order valence-electron chi connectivity index (χ1n) is 11.4. The number of aliphatic imine (C=N–C) groups is 1. The van der Waals surface area contributed by atoms with E-state index in [2.05, 4.69) is 47.8 Å². The van der Waals surface area contributed by atoms with Gasteiger partial charge in [0.15, 0.2) is 5.65 Å². The van der Waals surface area contributed by atoms with Gasteiger partial charge in [-0.05, 0) is 38.5 Å². The van der Waals surface area contributed by atoms with Crippen LogP contribution in [-0.4, -0.2) is 37.3 Å². The fourth-order valence-corrected chi connectivity index (χ4v) is 3.35. The molecule has 0 unspecified atom stereocenters. The van der Waals surface area contributed by atoms with E-state index in [1.807, 2.05) is 85.4 Å². The first-order chi connectivity index (χ1) is 15.7. The van der Waals surface area contributed by atoms with Crippen molar-refractivity contribution in [2.75, 3.05) is 6.54 Å². The van der Waals surface area contributed by atoms with Crippen LogP contribution < -0.4 is 0 Å². The molecule has 0 bridgehead atoms. The molecule has 0 atom stereocenters. The summed E-state index contributed by atoms with van der Waals surface area (Å²) in [6, 6.07) is 8.19. The van der Waals surface area contributed by atoms with Crippen LogP contribution in [-0.2, 0) is 6.42 Å². The topological polar surface area (TPSA) is 68.3 Å². The Morgan fingerprint density at radius 2 is 1.88 bits per heavy atom. The third kappa shape index (κ3) is 5.44. The second-order valence-electron chi connectivity index (χ2n) is 6.60. The third-order valence-electron chi connectivity index (χ3n) is 4.72. The minimum Gasteiger partial charge on any atom is -0.297 e. The van der Waals surface area contributed by atoms with Crippen LogP contribution in [0.1, 0.15) is 64.2 Å². The van der Waals surface area contributed by atoms with Crippen LogP contribution in [0, 0.1) is 6.92 Å². The predicted octanol–water partition coefficient (Wildman–Crippen LogP) is 6.12. The van der Waals surface area contributed by atoms with E-state index in [9.17, 15) is 0 Å². The predicted molar refractivity (Wildman–Crippen MR) is 135 cm³/mol. The minimum atomic E-state index is 0.678. The highest BCUT2D eigenvalue weighted by Crippen LogP contribution is 2.23. The molecule has 3 aromatic heterocycles. The number of nitrogens with zero attached hydrogens (tertiary/aromatic N) is 6. The molecule has 0 spiro atoms. The molecule has 6 nitrogen and oxygen atoms in total. The minimum absolute atomic E-state index is 0.678. The summed E-state index contributed by atoms with van der Waals surface area (Å²) in [6.45, 7) is 14.7. The van der Waals surface area contributed by atoms with Crippen LogP contribution in [0.25, 0.3) is 22.1 Å². The van der Waals surface area contributed by atoms with Crippen LogP contribution in [0.3, 0.4) is 0 Å². The fourth-order valence-electron chi connectivity index (χ4n) is 3.35. The molecule has 0 radical (unpaired) electrons. The van der Waals surface area contributed by atoms with Gasteiger partial charge in [0.05, 0.1) is 28.8 Å². The normalized spacial score (nSPS) is 11.3. The number of aromatic nitrogens is 5. The van der Waals surface area contributed by atoms with Gasteiger partial charge >= 0.3 is 0 Å². The molecule has 4 aromatic rings. The van der Waals surface area contributed by atoms with Gasteiger partial charge in [-0.3, -0.25) is 14.4 Å². The Kier molecular flexibility index (Phi) is 9.67. The van der Waals surface area contributed by atoms with Gasteiger partial charge in [-0.25, -0.2) is 4.98 Å². The molecule has 6 heteroatoms. The monoisotopic (exact) mass is 430 g/mol. The Hall–Kier alpha value is -3.41. The Morgan fingerprint density at radius 1 is 1.09 bits per heavy atom. The Balaban J connectivity index is 0.000000860. The Labute approximate surface area is 191 Å². The van der Waals surface area contributed by atoms with Crippen LogP contribution in [0.4, 0.5) is 0 Å². The fraction of sp³-hybridized carbons (Fsp3) is 0.346. The van der Waals surface area contributed by atoms with Crippen molar-refractivity contribution in [3.8, 4) is 0 Å². The van der Waals surface area contributed by atoms with Gasteiger partial charge < -0.3 is 0 Å². The maximum Gasteiger partial charge on any atom is 0.159 e. The number of hydrogen-bond acceptors (Lipinski definition) is 5. The highest BCUT2D eigenvalue weighted by molar-refractivity contribution is 6.09. The van der Waals surface area contributed by atoms with E-state index in [1.165, 1.54) is 5.56 Å². The van der Waals surface area contributed by atoms with Gasteiger partial charge in [0.25, 0.3) is 0 Å². The highest BCUT2D eigenvalue weighted by atomic mass is 15.1. The number of rotatable bonds is 5. The van der Waals surface area contributed by atoms with Crippen molar-refractivity contribution in [1.29, 1.82) is 0 Å². The number of fused-ring (bicyclic) bond motifs is 2. The van der Waals surface area contributed by atoms with E-state index in [1.54, 1.807) is 0 Å². The summed E-state index contributed by atoms with van der Waals surface area (Å²) in [4.78, 5) is 13.7. The molecule has 3 heterocycles. The lowest BCUT2D eigenvalue weighted by atomic mass is 10.0. The zero-order chi connectivity index (χ0) is 23.5. The van der Waals surface area contributed by atoms with Gasteiger partial charge in [-0.2, -0.15) is 10.2 Å². The molecule has 0 saturated carbocycles. The summed E-state index contributed by atoms with van der Waals surface area (Å²) < 4.78 is 2.08. The van der Waals surface area contributed by atoms with Crippen molar-refractivity contribution in [3.05, 3.63) is 71.6 Å². The summed E-state index contributed by atoms with van der Waals surface area (Å²) in [5, 5.41) is 9.57. The molecule has 0 aliphatic heterocycles. The average molecular weight is 431 g/mol. The van der Waals surface area contributed by atoms with E-state index in [-0.39, 0.29) is 0 Å². The van der Waals surface area contributed by atoms with Gasteiger partial charge in [-0.1, -0.05) is 45.9 Å². The SMILES string of the molecule is C/C=C(\C=NCC)c1cnc2c(Cc3cccc4nnc(C)cc34)nccn12.CC.CC. The summed E-state index contributed by atoms with van der Waals surface area (Å²) in [5.74, 6) is 0. The molecular weight excluding hydrogens is 396 g/mol. The maximum atomic E-state index is 4.66. The lowest BCUT2D eigenvalue weighted by Gasteiger charge is -2.08. The van der Waals surface area contributed by atoms with E-state index in [0.717, 1.165) is 45.7 Å². The molecule has 32 heavy (non-hydrogen) atoms. The summed E-state index contributed by atoms with van der Waals surface area (Å²) in [7, 11) is 0. The smallest absolute Gasteiger partial charge is 0.159 e. The number of hydrogen-bond donors (Lipinski definition) is 0. The van der Waals surface area contributed by atoms with E-state index < -0.39 is 0 Å². The number of allylic oxidation sites excluding steroid dienone is 2. The van der Waals surface area contributed by atoms with Crippen LogP contribution in [0.5, 0.6) is 0 Å². The van der Waals surface area contributed by atoms with E-state index >= 15 is 0 Å². The summed E-state index contributed by atoms with van der Waals surface area (Å²) in [5.41, 5.74) is 6.81. The number of benzene rings is 1. The summed E-state index contributed by atoms with van der Waals surface area (Å²) >= 11 is 0.